The summed E-state index contributed by atoms with van der Waals surface area (Å²) in [5.74, 6) is -0.00113. The Morgan fingerprint density at radius 3 is 2.67 bits per heavy atom. The molecule has 0 radical (unpaired) electrons. The van der Waals surface area contributed by atoms with E-state index >= 15 is 0 Å². The van der Waals surface area contributed by atoms with E-state index in [1.54, 1.807) is 7.05 Å². The molecule has 4 nitrogen and oxygen atoms in total. The van der Waals surface area contributed by atoms with Crippen molar-refractivity contribution < 1.29 is 4.79 Å². The SMILES string of the molecule is CCCN(CC(=O)NC)C(c1cccc(Cl)c1)C(N)CC. The highest BCUT2D eigenvalue weighted by Gasteiger charge is 2.26. The Balaban J connectivity index is 3.10. The molecule has 2 atom stereocenters. The van der Waals surface area contributed by atoms with E-state index in [1.165, 1.54) is 0 Å². The summed E-state index contributed by atoms with van der Waals surface area (Å²) in [6, 6.07) is 7.69. The summed E-state index contributed by atoms with van der Waals surface area (Å²) in [5.41, 5.74) is 7.40. The normalized spacial score (nSPS) is 14.0. The second kappa shape index (κ2) is 9.03. The third-order valence-corrected chi connectivity index (χ3v) is 3.83. The van der Waals surface area contributed by atoms with E-state index in [9.17, 15) is 4.79 Å². The second-order valence-corrected chi connectivity index (χ2v) is 5.65. The quantitative estimate of drug-likeness (QED) is 0.776. The number of nitrogens with two attached hydrogens (primary N) is 1. The van der Waals surface area contributed by atoms with Crippen LogP contribution < -0.4 is 11.1 Å². The number of nitrogens with one attached hydrogen (secondary N) is 1. The lowest BCUT2D eigenvalue weighted by molar-refractivity contribution is -0.122. The summed E-state index contributed by atoms with van der Waals surface area (Å²) >= 11 is 6.11. The summed E-state index contributed by atoms with van der Waals surface area (Å²) in [7, 11) is 1.65. The number of likely N-dealkylation sites (N-methyl/N-ethyl adjacent to an activating group) is 1. The second-order valence-electron chi connectivity index (χ2n) is 5.22. The van der Waals surface area contributed by atoms with Gasteiger partial charge in [0.05, 0.1) is 12.6 Å². The van der Waals surface area contributed by atoms with Gasteiger partial charge in [0, 0.05) is 18.1 Å². The van der Waals surface area contributed by atoms with E-state index in [4.69, 9.17) is 17.3 Å². The van der Waals surface area contributed by atoms with Gasteiger partial charge >= 0.3 is 0 Å². The highest BCUT2D eigenvalue weighted by molar-refractivity contribution is 6.30. The highest BCUT2D eigenvalue weighted by atomic mass is 35.5. The molecule has 0 saturated heterocycles. The lowest BCUT2D eigenvalue weighted by Crippen LogP contribution is -2.45. The first-order chi connectivity index (χ1) is 10.0. The summed E-state index contributed by atoms with van der Waals surface area (Å²) in [6.07, 6.45) is 1.80. The molecule has 21 heavy (non-hydrogen) atoms. The van der Waals surface area contributed by atoms with Crippen molar-refractivity contribution in [3.05, 3.63) is 34.9 Å². The number of rotatable bonds is 8. The predicted octanol–water partition coefficient (Wildman–Crippen LogP) is 2.58. The van der Waals surface area contributed by atoms with Crippen LogP contribution in [0.15, 0.2) is 24.3 Å². The van der Waals surface area contributed by atoms with Crippen LogP contribution in [0.5, 0.6) is 0 Å². The minimum atomic E-state index is -0.0420. The first-order valence-corrected chi connectivity index (χ1v) is 7.86. The van der Waals surface area contributed by atoms with Crippen LogP contribution in [-0.2, 0) is 4.79 Å². The van der Waals surface area contributed by atoms with E-state index in [0.29, 0.717) is 11.6 Å². The maximum Gasteiger partial charge on any atom is 0.233 e. The topological polar surface area (TPSA) is 58.4 Å². The summed E-state index contributed by atoms with van der Waals surface area (Å²) < 4.78 is 0. The molecule has 1 aromatic carbocycles. The third-order valence-electron chi connectivity index (χ3n) is 3.60. The van der Waals surface area contributed by atoms with E-state index in [0.717, 1.165) is 24.9 Å². The molecule has 0 aliphatic rings. The molecular formula is C16H26ClN3O. The van der Waals surface area contributed by atoms with Crippen molar-refractivity contribution >= 4 is 17.5 Å². The van der Waals surface area contributed by atoms with Crippen molar-refractivity contribution in [2.24, 2.45) is 5.73 Å². The standard InChI is InChI=1S/C16H26ClN3O/c1-4-9-20(11-15(21)19-3)16(14(18)5-2)12-7-6-8-13(17)10-12/h6-8,10,14,16H,4-5,9,11,18H2,1-3H3,(H,19,21). The minimum absolute atomic E-state index is 0.00113. The Hall–Kier alpha value is -1.10. The van der Waals surface area contributed by atoms with Crippen molar-refractivity contribution in [2.75, 3.05) is 20.1 Å². The largest absolute Gasteiger partial charge is 0.358 e. The number of halogens is 1. The fraction of sp³-hybridized carbons (Fsp3) is 0.562. The summed E-state index contributed by atoms with van der Waals surface area (Å²) in [5, 5.41) is 3.37. The Kier molecular flexibility index (Phi) is 7.72. The zero-order valence-electron chi connectivity index (χ0n) is 13.1. The molecule has 2 unspecified atom stereocenters. The highest BCUT2D eigenvalue weighted by Crippen LogP contribution is 2.27. The van der Waals surface area contributed by atoms with Crippen LogP contribution in [0.2, 0.25) is 5.02 Å². The number of carbonyl (C=O) groups is 1. The first-order valence-electron chi connectivity index (χ1n) is 7.49. The van der Waals surface area contributed by atoms with Crippen LogP contribution in [0.25, 0.3) is 0 Å². The van der Waals surface area contributed by atoms with Gasteiger partial charge in [0.1, 0.15) is 0 Å². The number of carbonyl (C=O) groups excluding carboxylic acids is 1. The molecule has 0 bridgehead atoms. The van der Waals surface area contributed by atoms with E-state index in [1.807, 2.05) is 24.3 Å². The van der Waals surface area contributed by atoms with Gasteiger partial charge in [-0.3, -0.25) is 9.69 Å². The maximum atomic E-state index is 11.8. The van der Waals surface area contributed by atoms with Crippen LogP contribution in [0.1, 0.15) is 38.3 Å². The molecule has 1 amide bonds. The molecule has 0 aliphatic carbocycles. The Morgan fingerprint density at radius 1 is 1.43 bits per heavy atom. The Morgan fingerprint density at radius 2 is 2.14 bits per heavy atom. The Labute approximate surface area is 132 Å². The van der Waals surface area contributed by atoms with Crippen LogP contribution in [-0.4, -0.2) is 37.0 Å². The molecule has 0 aromatic heterocycles. The first kappa shape index (κ1) is 18.0. The van der Waals surface area contributed by atoms with E-state index in [-0.39, 0.29) is 18.0 Å². The van der Waals surface area contributed by atoms with Gasteiger partial charge in [0.2, 0.25) is 5.91 Å². The van der Waals surface area contributed by atoms with Crippen molar-refractivity contribution in [1.82, 2.24) is 10.2 Å². The lowest BCUT2D eigenvalue weighted by Gasteiger charge is -2.35. The molecule has 1 rings (SSSR count). The molecule has 118 valence electrons. The van der Waals surface area contributed by atoms with Gasteiger partial charge in [-0.2, -0.15) is 0 Å². The smallest absolute Gasteiger partial charge is 0.233 e. The molecule has 0 heterocycles. The van der Waals surface area contributed by atoms with Crippen LogP contribution in [0, 0.1) is 0 Å². The van der Waals surface area contributed by atoms with Crippen LogP contribution in [0.3, 0.4) is 0 Å². The van der Waals surface area contributed by atoms with Crippen molar-refractivity contribution in [1.29, 1.82) is 0 Å². The zero-order chi connectivity index (χ0) is 15.8. The van der Waals surface area contributed by atoms with Gasteiger partial charge < -0.3 is 11.1 Å². The number of hydrogen-bond donors (Lipinski definition) is 2. The van der Waals surface area contributed by atoms with Crippen molar-refractivity contribution in [3.63, 3.8) is 0 Å². The number of benzene rings is 1. The van der Waals surface area contributed by atoms with Crippen molar-refractivity contribution in [2.45, 2.75) is 38.8 Å². The molecule has 0 fully saturated rings. The van der Waals surface area contributed by atoms with Gasteiger partial charge in [0.15, 0.2) is 0 Å². The zero-order valence-corrected chi connectivity index (χ0v) is 13.9. The molecule has 3 N–H and O–H groups in total. The molecule has 5 heteroatoms. The van der Waals surface area contributed by atoms with Crippen LogP contribution >= 0.6 is 11.6 Å². The van der Waals surface area contributed by atoms with E-state index < -0.39 is 0 Å². The number of hydrogen-bond acceptors (Lipinski definition) is 3. The molecule has 0 spiro atoms. The summed E-state index contributed by atoms with van der Waals surface area (Å²) in [4.78, 5) is 13.9. The number of nitrogens with zero attached hydrogens (tertiary/aromatic N) is 1. The summed E-state index contributed by atoms with van der Waals surface area (Å²) in [6.45, 7) is 5.32. The van der Waals surface area contributed by atoms with Gasteiger partial charge in [-0.15, -0.1) is 0 Å². The van der Waals surface area contributed by atoms with Crippen LogP contribution in [0.4, 0.5) is 0 Å². The molecule has 1 aromatic rings. The minimum Gasteiger partial charge on any atom is -0.358 e. The number of amides is 1. The van der Waals surface area contributed by atoms with Gasteiger partial charge in [0.25, 0.3) is 0 Å². The predicted molar refractivity (Wildman–Crippen MR) is 88.4 cm³/mol. The van der Waals surface area contributed by atoms with Gasteiger partial charge in [-0.25, -0.2) is 0 Å². The monoisotopic (exact) mass is 311 g/mol. The maximum absolute atomic E-state index is 11.8. The molecular weight excluding hydrogens is 286 g/mol. The average molecular weight is 312 g/mol. The van der Waals surface area contributed by atoms with Gasteiger partial charge in [-0.1, -0.05) is 37.6 Å². The van der Waals surface area contributed by atoms with Gasteiger partial charge in [-0.05, 0) is 37.1 Å². The molecule has 0 saturated carbocycles. The Bertz CT molecular complexity index is 453. The third kappa shape index (κ3) is 5.30. The fourth-order valence-corrected chi connectivity index (χ4v) is 2.71. The van der Waals surface area contributed by atoms with Crippen molar-refractivity contribution in [3.8, 4) is 0 Å². The average Bonchev–Trinajstić information content (AvgIpc) is 2.47. The fourth-order valence-electron chi connectivity index (χ4n) is 2.51. The lowest BCUT2D eigenvalue weighted by atomic mass is 9.96. The van der Waals surface area contributed by atoms with E-state index in [2.05, 4.69) is 24.1 Å². The molecule has 0 aliphatic heterocycles.